The normalized spacial score (nSPS) is 14.4. The summed E-state index contributed by atoms with van der Waals surface area (Å²) in [4.78, 5) is 17.1. The summed E-state index contributed by atoms with van der Waals surface area (Å²) in [6, 6.07) is 24.1. The van der Waals surface area contributed by atoms with Crippen molar-refractivity contribution in [2.45, 2.75) is 44.7 Å². The number of aromatic nitrogens is 4. The van der Waals surface area contributed by atoms with Crippen LogP contribution in [0.1, 0.15) is 47.2 Å². The maximum absolute atomic E-state index is 13.7. The highest BCUT2D eigenvalue weighted by molar-refractivity contribution is 5.83. The average molecular weight is 593 g/mol. The SMILES string of the molecule is COc1ccc(Cn2c(CCc3ccccc3)nnc2C(Cc2c[nH]c3ccccc23)NC(=O)C2CCNCC2)c(OC)c1. The Balaban J connectivity index is 1.39. The Bertz CT molecular complexity index is 1690. The third-order valence-electron chi connectivity index (χ3n) is 8.60. The highest BCUT2D eigenvalue weighted by atomic mass is 16.5. The van der Waals surface area contributed by atoms with Crippen molar-refractivity contribution in [2.75, 3.05) is 27.3 Å². The number of rotatable bonds is 12. The molecular formula is C35H40N6O3. The van der Waals surface area contributed by atoms with Gasteiger partial charge in [0, 0.05) is 47.5 Å². The van der Waals surface area contributed by atoms with Gasteiger partial charge in [0.15, 0.2) is 5.82 Å². The van der Waals surface area contributed by atoms with E-state index in [0.29, 0.717) is 19.4 Å². The molecule has 0 bridgehead atoms. The molecule has 9 nitrogen and oxygen atoms in total. The van der Waals surface area contributed by atoms with E-state index in [1.165, 1.54) is 5.56 Å². The number of nitrogens with one attached hydrogen (secondary N) is 3. The summed E-state index contributed by atoms with van der Waals surface area (Å²) in [7, 11) is 3.31. The summed E-state index contributed by atoms with van der Waals surface area (Å²) in [6.07, 6.45) is 5.80. The number of aromatic amines is 1. The number of carbonyl (C=O) groups is 1. The Kier molecular flexibility index (Phi) is 9.22. The Labute approximate surface area is 258 Å². The number of nitrogens with zero attached hydrogens (tertiary/aromatic N) is 3. The molecule has 1 aliphatic heterocycles. The first-order chi connectivity index (χ1) is 21.6. The van der Waals surface area contributed by atoms with Crippen LogP contribution < -0.4 is 20.1 Å². The van der Waals surface area contributed by atoms with Gasteiger partial charge in [0.05, 0.1) is 26.8 Å². The summed E-state index contributed by atoms with van der Waals surface area (Å²) >= 11 is 0. The number of H-pyrrole nitrogens is 1. The molecule has 2 aromatic heterocycles. The third kappa shape index (κ3) is 6.63. The van der Waals surface area contributed by atoms with Gasteiger partial charge in [-0.25, -0.2) is 0 Å². The molecule has 1 amide bonds. The highest BCUT2D eigenvalue weighted by Crippen LogP contribution is 2.29. The van der Waals surface area contributed by atoms with E-state index in [1.54, 1.807) is 14.2 Å². The van der Waals surface area contributed by atoms with E-state index in [-0.39, 0.29) is 17.9 Å². The smallest absolute Gasteiger partial charge is 0.223 e. The zero-order chi connectivity index (χ0) is 30.3. The maximum Gasteiger partial charge on any atom is 0.223 e. The van der Waals surface area contributed by atoms with Gasteiger partial charge in [-0.15, -0.1) is 10.2 Å². The van der Waals surface area contributed by atoms with Gasteiger partial charge in [-0.05, 0) is 61.7 Å². The van der Waals surface area contributed by atoms with Gasteiger partial charge in [-0.3, -0.25) is 4.79 Å². The molecule has 1 unspecified atom stereocenters. The summed E-state index contributed by atoms with van der Waals surface area (Å²) in [5.74, 6) is 3.09. The van der Waals surface area contributed by atoms with E-state index in [2.05, 4.69) is 56.6 Å². The monoisotopic (exact) mass is 592 g/mol. The van der Waals surface area contributed by atoms with E-state index in [0.717, 1.165) is 77.5 Å². The molecule has 0 saturated carbocycles. The van der Waals surface area contributed by atoms with Crippen LogP contribution in [-0.4, -0.2) is 53.0 Å². The number of ether oxygens (including phenoxy) is 2. The minimum atomic E-state index is -0.376. The summed E-state index contributed by atoms with van der Waals surface area (Å²) in [5.41, 5.74) is 4.41. The summed E-state index contributed by atoms with van der Waals surface area (Å²) in [5, 5.41) is 17.4. The van der Waals surface area contributed by atoms with Crippen LogP contribution >= 0.6 is 0 Å². The third-order valence-corrected chi connectivity index (χ3v) is 8.60. The Morgan fingerprint density at radius 3 is 2.55 bits per heavy atom. The van der Waals surface area contributed by atoms with E-state index in [4.69, 9.17) is 19.7 Å². The number of hydrogen-bond donors (Lipinski definition) is 3. The number of fused-ring (bicyclic) bond motifs is 1. The molecule has 228 valence electrons. The lowest BCUT2D eigenvalue weighted by molar-refractivity contribution is -0.126. The predicted molar refractivity (Wildman–Crippen MR) is 171 cm³/mol. The predicted octanol–water partition coefficient (Wildman–Crippen LogP) is 5.01. The van der Waals surface area contributed by atoms with Crippen LogP contribution in [-0.2, 0) is 30.6 Å². The first-order valence-electron chi connectivity index (χ1n) is 15.4. The fourth-order valence-corrected chi connectivity index (χ4v) is 6.12. The number of hydrogen-bond acceptors (Lipinski definition) is 6. The van der Waals surface area contributed by atoms with Crippen molar-refractivity contribution in [1.29, 1.82) is 0 Å². The van der Waals surface area contributed by atoms with Gasteiger partial charge >= 0.3 is 0 Å². The van der Waals surface area contributed by atoms with Crippen molar-refractivity contribution in [3.8, 4) is 11.5 Å². The molecule has 1 aliphatic rings. The van der Waals surface area contributed by atoms with Gasteiger partial charge in [-0.1, -0.05) is 48.5 Å². The van der Waals surface area contributed by atoms with Crippen molar-refractivity contribution in [3.63, 3.8) is 0 Å². The van der Waals surface area contributed by atoms with E-state index >= 15 is 0 Å². The number of piperidine rings is 1. The Morgan fingerprint density at radius 2 is 1.75 bits per heavy atom. The number of aryl methyl sites for hydroxylation is 2. The van der Waals surface area contributed by atoms with Crippen LogP contribution in [0.15, 0.2) is 79.0 Å². The molecule has 3 heterocycles. The van der Waals surface area contributed by atoms with Crippen molar-refractivity contribution in [3.05, 3.63) is 107 Å². The molecule has 1 fully saturated rings. The van der Waals surface area contributed by atoms with Crippen LogP contribution in [0.25, 0.3) is 10.9 Å². The lowest BCUT2D eigenvalue weighted by atomic mass is 9.96. The van der Waals surface area contributed by atoms with Crippen molar-refractivity contribution in [1.82, 2.24) is 30.4 Å². The molecule has 0 spiro atoms. The zero-order valence-electron chi connectivity index (χ0n) is 25.4. The number of benzene rings is 3. The largest absolute Gasteiger partial charge is 0.497 e. The number of methoxy groups -OCH3 is 2. The van der Waals surface area contributed by atoms with Crippen LogP contribution in [0.2, 0.25) is 0 Å². The minimum absolute atomic E-state index is 0.0303. The minimum Gasteiger partial charge on any atom is -0.497 e. The number of carbonyl (C=O) groups excluding carboxylic acids is 1. The summed E-state index contributed by atoms with van der Waals surface area (Å²) in [6.45, 7) is 2.19. The molecule has 1 atom stereocenters. The van der Waals surface area contributed by atoms with E-state index < -0.39 is 0 Å². The Hall–Kier alpha value is -4.63. The van der Waals surface area contributed by atoms with E-state index in [9.17, 15) is 4.79 Å². The molecule has 1 saturated heterocycles. The van der Waals surface area contributed by atoms with Crippen molar-refractivity contribution < 1.29 is 14.3 Å². The van der Waals surface area contributed by atoms with Crippen LogP contribution in [0, 0.1) is 5.92 Å². The van der Waals surface area contributed by atoms with Crippen molar-refractivity contribution in [2.24, 2.45) is 5.92 Å². The van der Waals surface area contributed by atoms with Gasteiger partial charge in [-0.2, -0.15) is 0 Å². The number of amides is 1. The van der Waals surface area contributed by atoms with Gasteiger partial charge < -0.3 is 29.7 Å². The standard InChI is InChI=1S/C35H40N6O3/c1-43-28-14-13-26(32(21-28)44-2)23-41-33(15-12-24-8-4-3-5-9-24)39-40-34(41)31(38-35(42)25-16-18-36-19-17-25)20-27-22-37-30-11-7-6-10-29(27)30/h3-11,13-14,21-22,25,31,36-37H,12,15-20,23H2,1-2H3,(H,38,42). The maximum atomic E-state index is 13.7. The van der Waals surface area contributed by atoms with Crippen molar-refractivity contribution >= 4 is 16.8 Å². The second-order valence-electron chi connectivity index (χ2n) is 11.4. The molecular weight excluding hydrogens is 552 g/mol. The molecule has 3 N–H and O–H groups in total. The van der Waals surface area contributed by atoms with Gasteiger partial charge in [0.25, 0.3) is 0 Å². The molecule has 0 radical (unpaired) electrons. The summed E-state index contributed by atoms with van der Waals surface area (Å²) < 4.78 is 13.4. The van der Waals surface area contributed by atoms with Crippen LogP contribution in [0.4, 0.5) is 0 Å². The second kappa shape index (κ2) is 13.8. The molecule has 9 heteroatoms. The van der Waals surface area contributed by atoms with Crippen LogP contribution in [0.5, 0.6) is 11.5 Å². The fourth-order valence-electron chi connectivity index (χ4n) is 6.12. The first kappa shape index (κ1) is 29.4. The zero-order valence-corrected chi connectivity index (χ0v) is 25.4. The Morgan fingerprint density at radius 1 is 0.955 bits per heavy atom. The second-order valence-corrected chi connectivity index (χ2v) is 11.4. The molecule has 6 rings (SSSR count). The quantitative estimate of drug-likeness (QED) is 0.188. The fraction of sp³-hybridized carbons (Fsp3) is 0.343. The lowest BCUT2D eigenvalue weighted by Gasteiger charge is -2.26. The molecule has 5 aromatic rings. The van der Waals surface area contributed by atoms with Gasteiger partial charge in [0.2, 0.25) is 5.91 Å². The highest BCUT2D eigenvalue weighted by Gasteiger charge is 2.29. The van der Waals surface area contributed by atoms with Gasteiger partial charge in [0.1, 0.15) is 17.3 Å². The molecule has 3 aromatic carbocycles. The molecule has 44 heavy (non-hydrogen) atoms. The van der Waals surface area contributed by atoms with E-state index in [1.807, 2.05) is 42.6 Å². The van der Waals surface area contributed by atoms with Crippen LogP contribution in [0.3, 0.4) is 0 Å². The average Bonchev–Trinajstić information content (AvgIpc) is 3.68. The first-order valence-corrected chi connectivity index (χ1v) is 15.4. The topological polar surface area (TPSA) is 106 Å². The lowest BCUT2D eigenvalue weighted by Crippen LogP contribution is -2.41. The number of para-hydroxylation sites is 1. The molecule has 0 aliphatic carbocycles.